The maximum Gasteiger partial charge on any atom is 0.122 e. The molecule has 0 fully saturated rings. The molecule has 1 aromatic carbocycles. The summed E-state index contributed by atoms with van der Waals surface area (Å²) < 4.78 is 5.81. The first-order valence-electron chi connectivity index (χ1n) is 10.9. The Morgan fingerprint density at radius 1 is 0.769 bits per heavy atom. The molecule has 0 spiro atoms. The molecule has 0 radical (unpaired) electrons. The van der Waals surface area contributed by atoms with Gasteiger partial charge in [0, 0.05) is 0 Å². The van der Waals surface area contributed by atoms with Crippen molar-refractivity contribution in [2.24, 2.45) is 0 Å². The van der Waals surface area contributed by atoms with E-state index in [4.69, 9.17) is 4.74 Å². The molecule has 148 valence electrons. The van der Waals surface area contributed by atoms with Gasteiger partial charge in [0.1, 0.15) is 11.5 Å². The number of aromatic hydroxyl groups is 1. The van der Waals surface area contributed by atoms with Gasteiger partial charge in [0.05, 0.1) is 15.2 Å². The van der Waals surface area contributed by atoms with Crippen LogP contribution in [0.5, 0.6) is 11.5 Å². The van der Waals surface area contributed by atoms with Gasteiger partial charge in [-0.2, -0.15) is 0 Å². The van der Waals surface area contributed by atoms with E-state index >= 15 is 0 Å². The van der Waals surface area contributed by atoms with Crippen molar-refractivity contribution in [2.75, 3.05) is 7.11 Å². The predicted octanol–water partition coefficient (Wildman–Crippen LogP) is 6.34. The normalized spacial score (nSPS) is 18.5. The van der Waals surface area contributed by atoms with E-state index in [1.165, 1.54) is 81.4 Å². The van der Waals surface area contributed by atoms with Crippen molar-refractivity contribution in [3.8, 4) is 11.5 Å². The molecule has 0 aliphatic heterocycles. The highest BCUT2D eigenvalue weighted by Crippen LogP contribution is 2.32. The molecule has 0 unspecified atom stereocenters. The average molecular weight is 377 g/mol. The van der Waals surface area contributed by atoms with Crippen molar-refractivity contribution in [3.63, 3.8) is 0 Å². The minimum atomic E-state index is -1.59. The smallest absolute Gasteiger partial charge is 0.122 e. The lowest BCUT2D eigenvalue weighted by Crippen LogP contribution is -2.41. The van der Waals surface area contributed by atoms with Gasteiger partial charge in [-0.05, 0) is 48.1 Å². The first-order valence-corrected chi connectivity index (χ1v) is 14.4. The van der Waals surface area contributed by atoms with Crippen molar-refractivity contribution in [2.45, 2.75) is 103 Å². The van der Waals surface area contributed by atoms with Crippen LogP contribution < -0.4 is 9.92 Å². The summed E-state index contributed by atoms with van der Waals surface area (Å²) in [6, 6.07) is 2.13. The van der Waals surface area contributed by atoms with Crippen LogP contribution in [0.4, 0.5) is 0 Å². The van der Waals surface area contributed by atoms with Crippen LogP contribution in [0.25, 0.3) is 0 Å². The molecule has 0 atom stereocenters. The van der Waals surface area contributed by atoms with E-state index in [0.717, 1.165) is 24.2 Å². The quantitative estimate of drug-likeness (QED) is 0.611. The number of rotatable bonds is 2. The van der Waals surface area contributed by atoms with Crippen LogP contribution in [-0.2, 0) is 12.8 Å². The molecule has 2 bridgehead atoms. The summed E-state index contributed by atoms with van der Waals surface area (Å²) in [6.07, 6.45) is 16.5. The Morgan fingerprint density at radius 2 is 1.23 bits per heavy atom. The van der Waals surface area contributed by atoms with Gasteiger partial charge in [0.25, 0.3) is 0 Å². The number of aryl methyl sites for hydroxylation is 1. The second-order valence-electron chi connectivity index (χ2n) is 9.08. The van der Waals surface area contributed by atoms with Crippen LogP contribution in [0.2, 0.25) is 19.6 Å². The summed E-state index contributed by atoms with van der Waals surface area (Å²) in [6.45, 7) is 7.08. The molecule has 3 heteroatoms. The van der Waals surface area contributed by atoms with E-state index in [0.29, 0.717) is 5.75 Å². The number of hydrogen-bond acceptors (Lipinski definition) is 2. The maximum atomic E-state index is 11.1. The van der Waals surface area contributed by atoms with Gasteiger partial charge in [0.15, 0.2) is 0 Å². The molecule has 1 aliphatic rings. The maximum absolute atomic E-state index is 11.1. The number of phenolic OH excluding ortho intramolecular Hbond substituents is 1. The SMILES string of the molecule is COc1cc2c(O)c(c1[Si](C)(C)C)CCCCCCCCCCCCC2. The molecule has 2 nitrogen and oxygen atoms in total. The number of ether oxygens (including phenoxy) is 1. The van der Waals surface area contributed by atoms with Crippen molar-refractivity contribution in [1.82, 2.24) is 0 Å². The molecule has 0 heterocycles. The van der Waals surface area contributed by atoms with E-state index in [1.807, 2.05) is 0 Å². The number of fused-ring (bicyclic) bond motifs is 2. The van der Waals surface area contributed by atoms with Crippen LogP contribution in [0, 0.1) is 0 Å². The Kier molecular flexibility index (Phi) is 8.53. The molecular formula is C23H40O2Si. The van der Waals surface area contributed by atoms with E-state index in [-0.39, 0.29) is 0 Å². The zero-order valence-electron chi connectivity index (χ0n) is 17.6. The monoisotopic (exact) mass is 376 g/mol. The Morgan fingerprint density at radius 3 is 1.69 bits per heavy atom. The lowest BCUT2D eigenvalue weighted by atomic mass is 9.97. The Labute approximate surface area is 162 Å². The van der Waals surface area contributed by atoms with Crippen LogP contribution in [0.3, 0.4) is 0 Å². The number of hydrogen-bond donors (Lipinski definition) is 1. The average Bonchev–Trinajstić information content (AvgIpc) is 2.59. The van der Waals surface area contributed by atoms with Gasteiger partial charge in [-0.3, -0.25) is 0 Å². The molecule has 26 heavy (non-hydrogen) atoms. The molecule has 0 saturated heterocycles. The van der Waals surface area contributed by atoms with Gasteiger partial charge in [-0.15, -0.1) is 0 Å². The summed E-state index contributed by atoms with van der Waals surface area (Å²) in [7, 11) is 0.194. The van der Waals surface area contributed by atoms with Crippen LogP contribution in [-0.4, -0.2) is 20.3 Å². The highest BCUT2D eigenvalue weighted by atomic mass is 28.3. The fraction of sp³-hybridized carbons (Fsp3) is 0.739. The van der Waals surface area contributed by atoms with E-state index in [9.17, 15) is 5.11 Å². The summed E-state index contributed by atoms with van der Waals surface area (Å²) in [5.41, 5.74) is 2.30. The number of methoxy groups -OCH3 is 1. The Bertz CT molecular complexity index is 560. The molecule has 1 aliphatic carbocycles. The van der Waals surface area contributed by atoms with Gasteiger partial charge in [0.2, 0.25) is 0 Å². The fourth-order valence-electron chi connectivity index (χ4n) is 4.39. The van der Waals surface area contributed by atoms with Gasteiger partial charge < -0.3 is 9.84 Å². The van der Waals surface area contributed by atoms with E-state index in [2.05, 4.69) is 25.7 Å². The lowest BCUT2D eigenvalue weighted by Gasteiger charge is -2.26. The van der Waals surface area contributed by atoms with E-state index < -0.39 is 8.07 Å². The molecular weight excluding hydrogens is 336 g/mol. The van der Waals surface area contributed by atoms with Crippen LogP contribution >= 0.6 is 0 Å². The standard InChI is InChI=1S/C23H40O2Si/c1-25-21-18-19-16-14-12-10-8-6-5-7-9-11-13-15-17-20(22(19)24)23(21)26(2,3)4/h18,24H,5-17H2,1-4H3. The Balaban J connectivity index is 2.31. The highest BCUT2D eigenvalue weighted by molar-refractivity contribution is 6.89. The topological polar surface area (TPSA) is 29.5 Å². The van der Waals surface area contributed by atoms with Crippen LogP contribution in [0.1, 0.15) is 81.8 Å². The third kappa shape index (κ3) is 6.04. The third-order valence-corrected chi connectivity index (χ3v) is 7.83. The first-order chi connectivity index (χ1) is 12.4. The van der Waals surface area contributed by atoms with Gasteiger partial charge >= 0.3 is 0 Å². The number of benzene rings is 1. The number of phenols is 1. The molecule has 1 N–H and O–H groups in total. The first kappa shape index (κ1) is 21.3. The minimum absolute atomic E-state index is 0.579. The van der Waals surface area contributed by atoms with Crippen LogP contribution in [0.15, 0.2) is 6.07 Å². The fourth-order valence-corrected chi connectivity index (χ4v) is 6.45. The lowest BCUT2D eigenvalue weighted by molar-refractivity contribution is 0.411. The molecule has 0 aromatic heterocycles. The summed E-state index contributed by atoms with van der Waals surface area (Å²) in [4.78, 5) is 0. The van der Waals surface area contributed by atoms with Crippen molar-refractivity contribution in [3.05, 3.63) is 17.2 Å². The second kappa shape index (κ2) is 10.4. The Hall–Kier alpha value is -0.963. The minimum Gasteiger partial charge on any atom is -0.507 e. The predicted molar refractivity (Wildman–Crippen MR) is 116 cm³/mol. The molecule has 0 amide bonds. The van der Waals surface area contributed by atoms with E-state index in [1.54, 1.807) is 7.11 Å². The molecule has 2 rings (SSSR count). The zero-order chi connectivity index (χ0) is 19.0. The molecule has 1 aromatic rings. The zero-order valence-corrected chi connectivity index (χ0v) is 18.6. The van der Waals surface area contributed by atoms with Gasteiger partial charge in [-0.25, -0.2) is 0 Å². The van der Waals surface area contributed by atoms with Crippen molar-refractivity contribution >= 4 is 13.3 Å². The summed E-state index contributed by atoms with van der Waals surface area (Å²) in [5.74, 6) is 1.60. The summed E-state index contributed by atoms with van der Waals surface area (Å²) >= 11 is 0. The molecule has 0 saturated carbocycles. The summed E-state index contributed by atoms with van der Waals surface area (Å²) in [5, 5.41) is 12.4. The van der Waals surface area contributed by atoms with Crippen molar-refractivity contribution in [1.29, 1.82) is 0 Å². The van der Waals surface area contributed by atoms with Gasteiger partial charge in [-0.1, -0.05) is 77.4 Å². The second-order valence-corrected chi connectivity index (χ2v) is 14.1. The third-order valence-electron chi connectivity index (χ3n) is 5.79. The largest absolute Gasteiger partial charge is 0.507 e. The van der Waals surface area contributed by atoms with Crippen molar-refractivity contribution < 1.29 is 9.84 Å². The highest BCUT2D eigenvalue weighted by Gasteiger charge is 2.28.